The molecule has 0 spiro atoms. The summed E-state index contributed by atoms with van der Waals surface area (Å²) in [4.78, 5) is 23.2. The zero-order valence-electron chi connectivity index (χ0n) is 14.6. The van der Waals surface area contributed by atoms with Crippen LogP contribution in [0, 0.1) is 13.8 Å². The summed E-state index contributed by atoms with van der Waals surface area (Å²) in [5.74, 6) is 0. The first-order chi connectivity index (χ1) is 11.4. The SMILES string of the molecule is CCCCCc1cc(C)c(C(=O)P(=O)(O)c2ccccc2)c(C)c1. The monoisotopic (exact) mass is 344 g/mol. The van der Waals surface area contributed by atoms with E-state index in [0.717, 1.165) is 24.0 Å². The Labute approximate surface area is 144 Å². The van der Waals surface area contributed by atoms with Crippen LogP contribution < -0.4 is 5.30 Å². The Morgan fingerprint density at radius 3 is 2.17 bits per heavy atom. The number of benzene rings is 2. The number of carbonyl (C=O) groups excluding carboxylic acids is 1. The molecule has 0 amide bonds. The lowest BCUT2D eigenvalue weighted by Crippen LogP contribution is -2.15. The van der Waals surface area contributed by atoms with Crippen LogP contribution in [0.1, 0.15) is 53.2 Å². The number of rotatable bonds is 7. The maximum Gasteiger partial charge on any atom is 0.298 e. The van der Waals surface area contributed by atoms with E-state index in [4.69, 9.17) is 0 Å². The largest absolute Gasteiger partial charge is 0.336 e. The number of carbonyl (C=O) groups is 1. The smallest absolute Gasteiger partial charge is 0.298 e. The molecule has 1 unspecified atom stereocenters. The van der Waals surface area contributed by atoms with Gasteiger partial charge in [-0.1, -0.05) is 50.1 Å². The highest BCUT2D eigenvalue weighted by atomic mass is 31.2. The van der Waals surface area contributed by atoms with Gasteiger partial charge >= 0.3 is 0 Å². The molecule has 3 nitrogen and oxygen atoms in total. The van der Waals surface area contributed by atoms with Crippen molar-refractivity contribution in [3.63, 3.8) is 0 Å². The van der Waals surface area contributed by atoms with Crippen molar-refractivity contribution in [2.75, 3.05) is 0 Å². The molecule has 0 bridgehead atoms. The summed E-state index contributed by atoms with van der Waals surface area (Å²) in [6, 6.07) is 12.1. The fourth-order valence-electron chi connectivity index (χ4n) is 3.01. The summed E-state index contributed by atoms with van der Waals surface area (Å²) < 4.78 is 12.7. The molecule has 0 aromatic heterocycles. The number of aryl methyl sites for hydroxylation is 3. The molecule has 0 saturated heterocycles. The van der Waals surface area contributed by atoms with E-state index in [0.29, 0.717) is 5.56 Å². The first-order valence-electron chi connectivity index (χ1n) is 8.41. The van der Waals surface area contributed by atoms with Gasteiger partial charge in [-0.3, -0.25) is 9.36 Å². The summed E-state index contributed by atoms with van der Waals surface area (Å²) in [6.45, 7) is 5.85. The Kier molecular flexibility index (Phi) is 6.15. The molecule has 2 aromatic rings. The molecule has 2 rings (SSSR count). The van der Waals surface area contributed by atoms with Crippen molar-refractivity contribution in [3.05, 3.63) is 64.7 Å². The third-order valence-electron chi connectivity index (χ3n) is 4.26. The molecule has 1 atom stereocenters. The highest BCUT2D eigenvalue weighted by Crippen LogP contribution is 2.44. The topological polar surface area (TPSA) is 54.4 Å². The number of hydrogen-bond acceptors (Lipinski definition) is 2. The summed E-state index contributed by atoms with van der Waals surface area (Å²) in [6.07, 6.45) is 4.43. The van der Waals surface area contributed by atoms with Crippen LogP contribution in [0.5, 0.6) is 0 Å². The average Bonchev–Trinajstić information content (AvgIpc) is 2.55. The molecule has 0 aliphatic carbocycles. The van der Waals surface area contributed by atoms with E-state index < -0.39 is 12.9 Å². The molecule has 0 heterocycles. The van der Waals surface area contributed by atoms with E-state index in [2.05, 4.69) is 6.92 Å². The Morgan fingerprint density at radius 2 is 1.62 bits per heavy atom. The van der Waals surface area contributed by atoms with Crippen molar-refractivity contribution in [3.8, 4) is 0 Å². The van der Waals surface area contributed by atoms with Crippen LogP contribution in [0.25, 0.3) is 0 Å². The minimum atomic E-state index is -4.09. The predicted octanol–water partition coefficient (Wildman–Crippen LogP) is 4.77. The number of unbranched alkanes of at least 4 members (excludes halogenated alkanes) is 2. The van der Waals surface area contributed by atoms with E-state index in [9.17, 15) is 14.3 Å². The van der Waals surface area contributed by atoms with E-state index in [1.165, 1.54) is 30.5 Å². The van der Waals surface area contributed by atoms with E-state index >= 15 is 0 Å². The lowest BCUT2D eigenvalue weighted by molar-refractivity contribution is 0.106. The normalized spacial score (nSPS) is 13.5. The zero-order valence-corrected chi connectivity index (χ0v) is 15.5. The summed E-state index contributed by atoms with van der Waals surface area (Å²) >= 11 is 0. The second kappa shape index (κ2) is 7.92. The van der Waals surface area contributed by atoms with Gasteiger partial charge in [-0.25, -0.2) is 0 Å². The van der Waals surface area contributed by atoms with Crippen molar-refractivity contribution >= 4 is 18.2 Å². The van der Waals surface area contributed by atoms with Crippen LogP contribution in [0.4, 0.5) is 0 Å². The van der Waals surface area contributed by atoms with Gasteiger partial charge in [-0.05, 0) is 55.5 Å². The minimum Gasteiger partial charge on any atom is -0.336 e. The predicted molar refractivity (Wildman–Crippen MR) is 99.4 cm³/mol. The molecule has 0 saturated carbocycles. The molecule has 0 radical (unpaired) electrons. The van der Waals surface area contributed by atoms with Gasteiger partial charge < -0.3 is 4.89 Å². The van der Waals surface area contributed by atoms with Crippen molar-refractivity contribution in [2.24, 2.45) is 0 Å². The second-order valence-electron chi connectivity index (χ2n) is 6.28. The summed E-state index contributed by atoms with van der Waals surface area (Å²) in [5, 5.41) is 0.181. The second-order valence-corrected chi connectivity index (χ2v) is 8.35. The first kappa shape index (κ1) is 18.6. The third-order valence-corrected chi connectivity index (χ3v) is 6.03. The van der Waals surface area contributed by atoms with Gasteiger partial charge in [0.25, 0.3) is 12.9 Å². The Morgan fingerprint density at radius 1 is 1.04 bits per heavy atom. The molecule has 4 heteroatoms. The average molecular weight is 344 g/mol. The fourth-order valence-corrected chi connectivity index (χ4v) is 4.48. The molecular formula is C20H25O3P. The Hall–Kier alpha value is -1.70. The summed E-state index contributed by atoms with van der Waals surface area (Å²) in [5.41, 5.74) is 2.43. The Bertz CT molecular complexity index is 743. The molecule has 0 aliphatic heterocycles. The Balaban J connectivity index is 2.35. The van der Waals surface area contributed by atoms with Gasteiger partial charge in [0.05, 0.1) is 0 Å². The van der Waals surface area contributed by atoms with Gasteiger partial charge in [0.2, 0.25) is 0 Å². The van der Waals surface area contributed by atoms with E-state index in [1.807, 2.05) is 26.0 Å². The first-order valence-corrected chi connectivity index (χ1v) is 10.1. The van der Waals surface area contributed by atoms with Crippen molar-refractivity contribution in [2.45, 2.75) is 46.5 Å². The molecule has 1 N–H and O–H groups in total. The third kappa shape index (κ3) is 4.03. The number of hydrogen-bond donors (Lipinski definition) is 1. The van der Waals surface area contributed by atoms with E-state index in [-0.39, 0.29) is 5.30 Å². The molecule has 0 fully saturated rings. The molecule has 2 aromatic carbocycles. The minimum absolute atomic E-state index is 0.181. The van der Waals surface area contributed by atoms with Gasteiger partial charge in [0.15, 0.2) is 0 Å². The van der Waals surface area contributed by atoms with Crippen LogP contribution in [0.15, 0.2) is 42.5 Å². The zero-order chi connectivity index (χ0) is 17.7. The quantitative estimate of drug-likeness (QED) is 0.581. The molecule has 128 valence electrons. The fraction of sp³-hybridized carbons (Fsp3) is 0.350. The van der Waals surface area contributed by atoms with Gasteiger partial charge in [0.1, 0.15) is 0 Å². The van der Waals surface area contributed by atoms with Crippen molar-refractivity contribution in [1.29, 1.82) is 0 Å². The lowest BCUT2D eigenvalue weighted by Gasteiger charge is -2.16. The van der Waals surface area contributed by atoms with E-state index in [1.54, 1.807) is 18.2 Å². The van der Waals surface area contributed by atoms with Crippen LogP contribution in [0.2, 0.25) is 0 Å². The van der Waals surface area contributed by atoms with Crippen LogP contribution in [-0.2, 0) is 11.0 Å². The summed E-state index contributed by atoms with van der Waals surface area (Å²) in [7, 11) is -4.09. The van der Waals surface area contributed by atoms with Crippen molar-refractivity contribution < 1.29 is 14.3 Å². The van der Waals surface area contributed by atoms with Gasteiger partial charge in [0, 0.05) is 10.9 Å². The molecule has 0 aliphatic rings. The standard InChI is InChI=1S/C20H25O3P/c1-4-5-7-10-17-13-15(2)19(16(3)14-17)20(21)24(22,23)18-11-8-6-9-12-18/h6,8-9,11-14H,4-5,7,10H2,1-3H3,(H,22,23). The van der Waals surface area contributed by atoms with Crippen LogP contribution in [-0.4, -0.2) is 10.4 Å². The van der Waals surface area contributed by atoms with Crippen molar-refractivity contribution in [1.82, 2.24) is 0 Å². The molecule has 24 heavy (non-hydrogen) atoms. The highest BCUT2D eigenvalue weighted by molar-refractivity contribution is 7.82. The van der Waals surface area contributed by atoms with Gasteiger partial charge in [-0.15, -0.1) is 0 Å². The highest BCUT2D eigenvalue weighted by Gasteiger charge is 2.34. The van der Waals surface area contributed by atoms with Crippen LogP contribution in [0.3, 0.4) is 0 Å². The maximum atomic E-state index is 12.8. The van der Waals surface area contributed by atoms with Crippen LogP contribution >= 0.6 is 7.37 Å². The maximum absolute atomic E-state index is 12.8. The lowest BCUT2D eigenvalue weighted by atomic mass is 9.97. The van der Waals surface area contributed by atoms with Gasteiger partial charge in [-0.2, -0.15) is 0 Å². The molecular weight excluding hydrogens is 319 g/mol.